The fourth-order valence-corrected chi connectivity index (χ4v) is 2.61. The molecule has 5 nitrogen and oxygen atoms in total. The molecule has 1 aliphatic rings. The van der Waals surface area contributed by atoms with Crippen LogP contribution in [0.3, 0.4) is 0 Å². The molecule has 21 heavy (non-hydrogen) atoms. The van der Waals surface area contributed by atoms with Crippen molar-refractivity contribution >= 4 is 5.91 Å². The van der Waals surface area contributed by atoms with Crippen LogP contribution in [0.1, 0.15) is 18.2 Å². The zero-order chi connectivity index (χ0) is 15.0. The predicted octanol–water partition coefficient (Wildman–Crippen LogP) is 1.71. The molecule has 0 unspecified atom stereocenters. The maximum atomic E-state index is 13.9. The lowest BCUT2D eigenvalue weighted by atomic mass is 10.00. The van der Waals surface area contributed by atoms with Crippen LogP contribution < -0.4 is 5.73 Å². The zero-order valence-corrected chi connectivity index (χ0v) is 11.7. The van der Waals surface area contributed by atoms with Crippen LogP contribution in [0.25, 0.3) is 11.3 Å². The Balaban J connectivity index is 1.97. The lowest BCUT2D eigenvalue weighted by Gasteiger charge is -2.29. The average Bonchev–Trinajstić information content (AvgIpc) is 2.89. The molecule has 0 bridgehead atoms. The number of rotatable bonds is 3. The number of aromatic nitrogens is 1. The average molecular weight is 289 g/mol. The Labute approximate surface area is 121 Å². The Hall–Kier alpha value is -2.21. The van der Waals surface area contributed by atoms with E-state index in [4.69, 9.17) is 10.3 Å². The normalized spacial score (nSPS) is 16.5. The second-order valence-corrected chi connectivity index (χ2v) is 5.21. The molecule has 1 amide bonds. The highest BCUT2D eigenvalue weighted by molar-refractivity contribution is 5.79. The van der Waals surface area contributed by atoms with Crippen LogP contribution in [0, 0.1) is 5.82 Å². The van der Waals surface area contributed by atoms with E-state index in [0.717, 1.165) is 11.3 Å². The summed E-state index contributed by atoms with van der Waals surface area (Å²) in [7, 11) is 0. The molecule has 0 fully saturated rings. The van der Waals surface area contributed by atoms with Crippen molar-refractivity contribution in [3.63, 3.8) is 0 Å². The van der Waals surface area contributed by atoms with Crippen molar-refractivity contribution in [1.82, 2.24) is 10.1 Å². The van der Waals surface area contributed by atoms with Gasteiger partial charge in [-0.3, -0.25) is 9.69 Å². The largest absolute Gasteiger partial charge is 0.368 e. The van der Waals surface area contributed by atoms with Crippen LogP contribution in [-0.2, 0) is 17.8 Å². The number of carbonyl (C=O) groups excluding carboxylic acids is 1. The number of carbonyl (C=O) groups is 1. The number of fused-ring (bicyclic) bond motifs is 1. The van der Waals surface area contributed by atoms with Gasteiger partial charge in [0.05, 0.1) is 6.04 Å². The molecule has 1 aliphatic heterocycles. The van der Waals surface area contributed by atoms with Crippen molar-refractivity contribution in [1.29, 1.82) is 0 Å². The molecule has 2 heterocycles. The Morgan fingerprint density at radius 2 is 2.24 bits per heavy atom. The van der Waals surface area contributed by atoms with E-state index in [-0.39, 0.29) is 17.8 Å². The highest BCUT2D eigenvalue weighted by atomic mass is 19.1. The lowest BCUT2D eigenvalue weighted by molar-refractivity contribution is -0.123. The lowest BCUT2D eigenvalue weighted by Crippen LogP contribution is -2.44. The summed E-state index contributed by atoms with van der Waals surface area (Å²) >= 11 is 0. The Kier molecular flexibility index (Phi) is 3.47. The van der Waals surface area contributed by atoms with Crippen molar-refractivity contribution in [3.05, 3.63) is 41.4 Å². The third kappa shape index (κ3) is 2.42. The van der Waals surface area contributed by atoms with Gasteiger partial charge in [0.15, 0.2) is 0 Å². The number of hydrogen-bond donors (Lipinski definition) is 1. The molecule has 0 aliphatic carbocycles. The highest BCUT2D eigenvalue weighted by Gasteiger charge is 2.29. The summed E-state index contributed by atoms with van der Waals surface area (Å²) in [6.07, 6.45) is 0.633. The fourth-order valence-electron chi connectivity index (χ4n) is 2.61. The van der Waals surface area contributed by atoms with Crippen LogP contribution in [0.15, 0.2) is 28.8 Å². The molecule has 1 aromatic carbocycles. The SMILES string of the molecule is C[C@@H](C(N)=O)N1CCc2onc(-c3ccccc3F)c2C1. The summed E-state index contributed by atoms with van der Waals surface area (Å²) in [6, 6.07) is 6.08. The van der Waals surface area contributed by atoms with Crippen molar-refractivity contribution < 1.29 is 13.7 Å². The second kappa shape index (κ2) is 5.29. The van der Waals surface area contributed by atoms with Crippen LogP contribution in [0.4, 0.5) is 4.39 Å². The number of nitrogens with two attached hydrogens (primary N) is 1. The number of primary amides is 1. The molecular weight excluding hydrogens is 273 g/mol. The number of halogens is 1. The van der Waals surface area contributed by atoms with Gasteiger partial charge < -0.3 is 10.3 Å². The first-order valence-corrected chi connectivity index (χ1v) is 6.83. The van der Waals surface area contributed by atoms with Gasteiger partial charge >= 0.3 is 0 Å². The summed E-state index contributed by atoms with van der Waals surface area (Å²) in [5.41, 5.74) is 7.11. The van der Waals surface area contributed by atoms with Crippen LogP contribution >= 0.6 is 0 Å². The molecule has 2 aromatic rings. The predicted molar refractivity (Wildman–Crippen MR) is 74.7 cm³/mol. The van der Waals surface area contributed by atoms with Gasteiger partial charge in [-0.2, -0.15) is 0 Å². The second-order valence-electron chi connectivity index (χ2n) is 5.21. The van der Waals surface area contributed by atoms with E-state index in [0.29, 0.717) is 30.8 Å². The minimum absolute atomic E-state index is 0.339. The van der Waals surface area contributed by atoms with E-state index in [9.17, 15) is 9.18 Å². The first-order valence-electron chi connectivity index (χ1n) is 6.83. The Morgan fingerprint density at radius 3 is 2.95 bits per heavy atom. The van der Waals surface area contributed by atoms with Gasteiger partial charge in [0.1, 0.15) is 17.3 Å². The summed E-state index contributed by atoms with van der Waals surface area (Å²) in [6.45, 7) is 2.92. The Bertz CT molecular complexity index is 683. The van der Waals surface area contributed by atoms with Gasteiger partial charge in [-0.25, -0.2) is 4.39 Å². The third-order valence-corrected chi connectivity index (χ3v) is 3.95. The first-order chi connectivity index (χ1) is 10.1. The third-order valence-electron chi connectivity index (χ3n) is 3.95. The maximum Gasteiger partial charge on any atom is 0.234 e. The van der Waals surface area contributed by atoms with Crippen LogP contribution in [0.2, 0.25) is 0 Å². The number of nitrogens with zero attached hydrogens (tertiary/aromatic N) is 2. The van der Waals surface area contributed by atoms with Crippen molar-refractivity contribution in [2.45, 2.75) is 25.9 Å². The monoisotopic (exact) mass is 289 g/mol. The van der Waals surface area contributed by atoms with Crippen molar-refractivity contribution in [2.24, 2.45) is 5.73 Å². The Morgan fingerprint density at radius 1 is 1.48 bits per heavy atom. The van der Waals surface area contributed by atoms with Crippen molar-refractivity contribution in [2.75, 3.05) is 6.54 Å². The molecule has 1 aromatic heterocycles. The zero-order valence-electron chi connectivity index (χ0n) is 11.7. The number of amides is 1. The molecule has 0 spiro atoms. The van der Waals surface area contributed by atoms with Gasteiger partial charge in [0.25, 0.3) is 0 Å². The van der Waals surface area contributed by atoms with Crippen LogP contribution in [0.5, 0.6) is 0 Å². The minimum Gasteiger partial charge on any atom is -0.368 e. The summed E-state index contributed by atoms with van der Waals surface area (Å²) in [4.78, 5) is 13.3. The molecule has 3 rings (SSSR count). The van der Waals surface area contributed by atoms with E-state index < -0.39 is 0 Å². The van der Waals surface area contributed by atoms with E-state index in [2.05, 4.69) is 5.16 Å². The quantitative estimate of drug-likeness (QED) is 0.933. The van der Waals surface area contributed by atoms with E-state index in [1.165, 1.54) is 6.07 Å². The van der Waals surface area contributed by atoms with Crippen molar-refractivity contribution in [3.8, 4) is 11.3 Å². The molecule has 0 saturated heterocycles. The molecule has 110 valence electrons. The topological polar surface area (TPSA) is 72.4 Å². The smallest absolute Gasteiger partial charge is 0.234 e. The first kappa shape index (κ1) is 13.8. The van der Waals surface area contributed by atoms with Crippen LogP contribution in [-0.4, -0.2) is 28.6 Å². The molecule has 1 atom stereocenters. The van der Waals surface area contributed by atoms with Gasteiger partial charge in [0.2, 0.25) is 5.91 Å². The molecule has 6 heteroatoms. The van der Waals surface area contributed by atoms with E-state index in [1.807, 2.05) is 4.90 Å². The number of benzene rings is 1. The minimum atomic E-state index is -0.374. The van der Waals surface area contributed by atoms with E-state index in [1.54, 1.807) is 25.1 Å². The number of hydrogen-bond acceptors (Lipinski definition) is 4. The van der Waals surface area contributed by atoms with Gasteiger partial charge in [-0.05, 0) is 19.1 Å². The molecule has 2 N–H and O–H groups in total. The highest BCUT2D eigenvalue weighted by Crippen LogP contribution is 2.31. The molecular formula is C15H16FN3O2. The summed E-state index contributed by atoms with van der Waals surface area (Å²) in [5, 5.41) is 4.01. The van der Waals surface area contributed by atoms with Gasteiger partial charge in [0, 0.05) is 30.6 Å². The summed E-state index contributed by atoms with van der Waals surface area (Å²) in [5.74, 6) is 0.0391. The standard InChI is InChI=1S/C15H16FN3O2/c1-9(15(17)20)19-7-6-13-11(8-19)14(18-21-13)10-4-2-3-5-12(10)16/h2-5,9H,6-8H2,1H3,(H2,17,20)/t9-/m0/s1. The van der Waals surface area contributed by atoms with Gasteiger partial charge in [-0.15, -0.1) is 0 Å². The molecule has 0 saturated carbocycles. The fraction of sp³-hybridized carbons (Fsp3) is 0.333. The maximum absolute atomic E-state index is 13.9. The molecule has 0 radical (unpaired) electrons. The van der Waals surface area contributed by atoms with Gasteiger partial charge in [-0.1, -0.05) is 17.3 Å². The summed E-state index contributed by atoms with van der Waals surface area (Å²) < 4.78 is 19.3. The van der Waals surface area contributed by atoms with E-state index >= 15 is 0 Å².